The van der Waals surface area contributed by atoms with E-state index < -0.39 is 23.3 Å². The minimum absolute atomic E-state index is 0.102. The fraction of sp³-hybridized carbons (Fsp3) is 0.462. The molecule has 0 radical (unpaired) electrons. The Morgan fingerprint density at radius 1 is 0.800 bits per heavy atom. The first-order valence-corrected chi connectivity index (χ1v) is 11.0. The third kappa shape index (κ3) is 4.33. The predicted molar refractivity (Wildman–Crippen MR) is 112 cm³/mol. The average molecular weight is 417 g/mol. The number of rotatable bonds is 4. The summed E-state index contributed by atoms with van der Waals surface area (Å²) in [4.78, 5) is 0. The summed E-state index contributed by atoms with van der Waals surface area (Å²) in [6.45, 7) is 1.59. The van der Waals surface area contributed by atoms with E-state index in [-0.39, 0.29) is 5.92 Å². The maximum absolute atomic E-state index is 14.3. The van der Waals surface area contributed by atoms with Crippen LogP contribution in [-0.4, -0.2) is 0 Å². The minimum atomic E-state index is -0.794. The number of hydrogen-bond donors (Lipinski definition) is 0. The summed E-state index contributed by atoms with van der Waals surface area (Å²) in [7, 11) is 0. The number of hydrogen-bond acceptors (Lipinski definition) is 0. The second kappa shape index (κ2) is 8.95. The highest BCUT2D eigenvalue weighted by Gasteiger charge is 2.28. The van der Waals surface area contributed by atoms with E-state index in [4.69, 9.17) is 0 Å². The lowest BCUT2D eigenvalue weighted by Crippen LogP contribution is -2.18. The largest absolute Gasteiger partial charge is 0.204 e. The van der Waals surface area contributed by atoms with Crippen LogP contribution in [0.25, 0.3) is 5.57 Å². The van der Waals surface area contributed by atoms with Crippen LogP contribution in [0.2, 0.25) is 0 Å². The van der Waals surface area contributed by atoms with Gasteiger partial charge in [0.15, 0.2) is 23.3 Å². The van der Waals surface area contributed by atoms with Gasteiger partial charge in [0.05, 0.1) is 0 Å². The van der Waals surface area contributed by atoms with Crippen molar-refractivity contribution in [1.82, 2.24) is 0 Å². The molecule has 0 N–H and O–H groups in total. The summed E-state index contributed by atoms with van der Waals surface area (Å²) in [6, 6.07) is 7.78. The fourth-order valence-corrected chi connectivity index (χ4v) is 5.26. The fourth-order valence-electron chi connectivity index (χ4n) is 5.26. The molecule has 1 unspecified atom stereocenters. The first kappa shape index (κ1) is 21.1. The average Bonchev–Trinajstić information content (AvgIpc) is 2.76. The quantitative estimate of drug-likeness (QED) is 0.442. The normalized spacial score (nSPS) is 24.6. The lowest BCUT2D eigenvalue weighted by atomic mass is 9.73. The van der Waals surface area contributed by atoms with Crippen molar-refractivity contribution >= 4 is 5.57 Å². The summed E-state index contributed by atoms with van der Waals surface area (Å²) < 4.78 is 55.8. The zero-order valence-electron chi connectivity index (χ0n) is 17.4. The minimum Gasteiger partial charge on any atom is -0.204 e. The van der Waals surface area contributed by atoms with E-state index in [1.54, 1.807) is 31.2 Å². The van der Waals surface area contributed by atoms with Crippen molar-refractivity contribution in [3.8, 4) is 0 Å². The molecule has 1 fully saturated rings. The smallest absolute Gasteiger partial charge is 0.166 e. The van der Waals surface area contributed by atoms with Gasteiger partial charge < -0.3 is 0 Å². The Hall–Kier alpha value is -2.10. The number of allylic oxidation sites excluding steroid dienone is 2. The topological polar surface area (TPSA) is 0 Å². The first-order chi connectivity index (χ1) is 14.4. The third-order valence-electron chi connectivity index (χ3n) is 7.08. The van der Waals surface area contributed by atoms with Crippen LogP contribution in [0.1, 0.15) is 74.0 Å². The number of halogens is 4. The Morgan fingerprint density at radius 2 is 1.57 bits per heavy atom. The summed E-state index contributed by atoms with van der Waals surface area (Å²) in [6.07, 6.45) is 9.70. The lowest BCUT2D eigenvalue weighted by molar-refractivity contribution is 0.258. The molecule has 160 valence electrons. The van der Waals surface area contributed by atoms with E-state index in [9.17, 15) is 17.6 Å². The van der Waals surface area contributed by atoms with Crippen molar-refractivity contribution in [3.63, 3.8) is 0 Å². The van der Waals surface area contributed by atoms with Gasteiger partial charge in [-0.15, -0.1) is 0 Å². The molecule has 0 amide bonds. The van der Waals surface area contributed by atoms with Gasteiger partial charge in [0.25, 0.3) is 0 Å². The van der Waals surface area contributed by atoms with E-state index in [0.29, 0.717) is 28.5 Å². The van der Waals surface area contributed by atoms with Crippen LogP contribution < -0.4 is 0 Å². The molecule has 1 saturated carbocycles. The molecule has 2 aliphatic rings. The van der Waals surface area contributed by atoms with Crippen LogP contribution >= 0.6 is 0 Å². The molecular weight excluding hydrogens is 388 g/mol. The molecule has 30 heavy (non-hydrogen) atoms. The van der Waals surface area contributed by atoms with Crippen molar-refractivity contribution in [3.05, 3.63) is 76.4 Å². The van der Waals surface area contributed by atoms with Gasteiger partial charge in [-0.1, -0.05) is 30.3 Å². The van der Waals surface area contributed by atoms with Crippen molar-refractivity contribution in [1.29, 1.82) is 0 Å². The van der Waals surface area contributed by atoms with Crippen molar-refractivity contribution in [2.75, 3.05) is 0 Å². The molecule has 2 aromatic rings. The number of aryl methyl sites for hydroxylation is 1. The Kier molecular flexibility index (Phi) is 6.31. The molecule has 0 bridgehead atoms. The van der Waals surface area contributed by atoms with Crippen LogP contribution in [0.15, 0.2) is 36.4 Å². The Balaban J connectivity index is 1.32. The molecule has 0 spiro atoms. The molecule has 4 heteroatoms. The van der Waals surface area contributed by atoms with E-state index >= 15 is 0 Å². The molecule has 1 atom stereocenters. The maximum atomic E-state index is 14.3. The molecule has 0 aromatic heterocycles. The second-order valence-corrected chi connectivity index (χ2v) is 9.02. The first-order valence-electron chi connectivity index (χ1n) is 11.0. The Labute approximate surface area is 176 Å². The molecule has 4 rings (SSSR count). The monoisotopic (exact) mass is 416 g/mol. The van der Waals surface area contributed by atoms with E-state index in [0.717, 1.165) is 63.0 Å². The van der Waals surface area contributed by atoms with E-state index in [1.807, 2.05) is 0 Å². The summed E-state index contributed by atoms with van der Waals surface area (Å²) in [5.74, 6) is -1.67. The van der Waals surface area contributed by atoms with Crippen LogP contribution in [0, 0.1) is 42.0 Å². The van der Waals surface area contributed by atoms with Crippen molar-refractivity contribution in [2.24, 2.45) is 11.8 Å². The SMILES string of the molecule is Cc1ccc(C2CCC(CC3CC=C(c4cccc(F)c4F)CC3)CC2)c(F)c1F. The molecular formula is C26H28F4. The predicted octanol–water partition coefficient (Wildman–Crippen LogP) is 8.10. The zero-order chi connectivity index (χ0) is 21.3. The van der Waals surface area contributed by atoms with Gasteiger partial charge in [-0.3, -0.25) is 0 Å². The van der Waals surface area contributed by atoms with E-state index in [1.165, 1.54) is 0 Å². The molecule has 2 aliphatic carbocycles. The van der Waals surface area contributed by atoms with Gasteiger partial charge in [-0.25, -0.2) is 17.6 Å². The zero-order valence-corrected chi connectivity index (χ0v) is 17.4. The second-order valence-electron chi connectivity index (χ2n) is 9.02. The summed E-state index contributed by atoms with van der Waals surface area (Å²) >= 11 is 0. The van der Waals surface area contributed by atoms with Crippen molar-refractivity contribution in [2.45, 2.75) is 64.2 Å². The van der Waals surface area contributed by atoms with Gasteiger partial charge in [0.2, 0.25) is 0 Å². The molecule has 2 aromatic carbocycles. The van der Waals surface area contributed by atoms with Gasteiger partial charge in [-0.05, 0) is 98.8 Å². The Bertz CT molecular complexity index is 938. The van der Waals surface area contributed by atoms with Gasteiger partial charge in [-0.2, -0.15) is 0 Å². The van der Waals surface area contributed by atoms with Crippen LogP contribution in [0.4, 0.5) is 17.6 Å². The van der Waals surface area contributed by atoms with Gasteiger partial charge in [0.1, 0.15) is 0 Å². The van der Waals surface area contributed by atoms with Crippen molar-refractivity contribution < 1.29 is 17.6 Å². The lowest BCUT2D eigenvalue weighted by Gasteiger charge is -2.32. The molecule has 0 aliphatic heterocycles. The standard InChI is InChI=1S/C26H28F4/c1-16-5-14-22(26(30)24(16)28)20-12-8-18(9-13-20)15-17-6-10-19(11-7-17)21-3-2-4-23(27)25(21)29/h2-5,10,14,17-18,20H,6-9,11-13,15H2,1H3. The maximum Gasteiger partial charge on any atom is 0.166 e. The molecule has 0 saturated heterocycles. The highest BCUT2D eigenvalue weighted by molar-refractivity contribution is 5.66. The van der Waals surface area contributed by atoms with Crippen LogP contribution in [0.5, 0.6) is 0 Å². The highest BCUT2D eigenvalue weighted by atomic mass is 19.2. The summed E-state index contributed by atoms with van der Waals surface area (Å²) in [5.41, 5.74) is 2.18. The third-order valence-corrected chi connectivity index (χ3v) is 7.08. The number of benzene rings is 2. The van der Waals surface area contributed by atoms with E-state index in [2.05, 4.69) is 6.08 Å². The molecule has 0 heterocycles. The highest BCUT2D eigenvalue weighted by Crippen LogP contribution is 2.42. The van der Waals surface area contributed by atoms with Crippen LogP contribution in [-0.2, 0) is 0 Å². The Morgan fingerprint density at radius 3 is 2.27 bits per heavy atom. The van der Waals surface area contributed by atoms with Crippen LogP contribution in [0.3, 0.4) is 0 Å². The van der Waals surface area contributed by atoms with Gasteiger partial charge >= 0.3 is 0 Å². The summed E-state index contributed by atoms with van der Waals surface area (Å²) in [5, 5.41) is 0. The molecule has 0 nitrogen and oxygen atoms in total. The van der Waals surface area contributed by atoms with Gasteiger partial charge in [0, 0.05) is 5.56 Å².